The first kappa shape index (κ1) is 35.3. The molecule has 10 rings (SSSR count). The summed E-state index contributed by atoms with van der Waals surface area (Å²) < 4.78 is 52.5. The van der Waals surface area contributed by atoms with Crippen molar-refractivity contribution in [3.63, 3.8) is 0 Å². The maximum absolute atomic E-state index is 13.4. The summed E-state index contributed by atoms with van der Waals surface area (Å²) in [6.07, 6.45) is 2.02. The molecule has 54 heavy (non-hydrogen) atoms. The molecule has 1 aromatic heterocycles. The van der Waals surface area contributed by atoms with Crippen molar-refractivity contribution in [3.05, 3.63) is 41.5 Å². The third-order valence-electron chi connectivity index (χ3n) is 8.97. The summed E-state index contributed by atoms with van der Waals surface area (Å²) in [4.78, 5) is 65.7. The predicted octanol–water partition coefficient (Wildman–Crippen LogP) is 2.66. The fraction of sp³-hybridized carbons (Fsp3) is 0.371. The van der Waals surface area contributed by atoms with Crippen LogP contribution in [0.1, 0.15) is 12.8 Å². The standard InChI is InChI=1S/C35H32ClN5O13/c1-40-9-11-41(12-10-40)13-15-47-32-31-28-26-30(50-18-8-14-46-25(16-18)51-21(42)4-5-22(43)52-31)33(32)53-23(44)6-7-24(45)54-35(38-28)39-34(26)37-27-19(36)2-3-20-29(27)49-17-48-20/h2-7,18,25H,8-17H2,1H3,(H,37,38,39)/b5-4+,7-6?. The van der Waals surface area contributed by atoms with Crippen molar-refractivity contribution in [2.75, 3.05) is 65.1 Å². The van der Waals surface area contributed by atoms with Crippen LogP contribution in [-0.2, 0) is 28.7 Å². The van der Waals surface area contributed by atoms with Crippen LogP contribution in [0, 0.1) is 0 Å². The first-order valence-corrected chi connectivity index (χ1v) is 17.4. The van der Waals surface area contributed by atoms with Gasteiger partial charge in [0.05, 0.1) is 17.0 Å². The summed E-state index contributed by atoms with van der Waals surface area (Å²) in [5.41, 5.74) is 0.0527. The van der Waals surface area contributed by atoms with E-state index in [-0.39, 0.29) is 82.6 Å². The number of fused-ring (bicyclic) bond motifs is 10. The van der Waals surface area contributed by atoms with Gasteiger partial charge in [-0.1, -0.05) is 11.6 Å². The van der Waals surface area contributed by atoms with Gasteiger partial charge in [0.2, 0.25) is 30.3 Å². The fourth-order valence-corrected chi connectivity index (χ4v) is 6.46. The van der Waals surface area contributed by atoms with Gasteiger partial charge in [0.15, 0.2) is 17.2 Å². The van der Waals surface area contributed by atoms with E-state index in [2.05, 4.69) is 25.1 Å². The summed E-state index contributed by atoms with van der Waals surface area (Å²) in [6, 6.07) is 2.68. The van der Waals surface area contributed by atoms with Crippen LogP contribution < -0.4 is 38.5 Å². The lowest BCUT2D eigenvalue weighted by Crippen LogP contribution is -2.45. The minimum Gasteiger partial charge on any atom is -0.485 e. The van der Waals surface area contributed by atoms with Crippen LogP contribution in [0.3, 0.4) is 0 Å². The first-order chi connectivity index (χ1) is 26.2. The van der Waals surface area contributed by atoms with E-state index in [4.69, 9.17) is 54.2 Å². The number of hydrogen-bond acceptors (Lipinski definition) is 18. The molecule has 18 nitrogen and oxygen atoms in total. The molecule has 2 saturated heterocycles. The Labute approximate surface area is 311 Å². The largest absolute Gasteiger partial charge is 0.485 e. The van der Waals surface area contributed by atoms with Crippen LogP contribution in [0.4, 0.5) is 11.5 Å². The van der Waals surface area contributed by atoms with Gasteiger partial charge in [0.1, 0.15) is 29.7 Å². The third kappa shape index (κ3) is 7.41. The number of benzene rings is 2. The number of nitrogens with one attached hydrogen (secondary N) is 1. The zero-order valence-electron chi connectivity index (χ0n) is 28.7. The van der Waals surface area contributed by atoms with E-state index in [1.807, 2.05) is 7.05 Å². The monoisotopic (exact) mass is 765 g/mol. The minimum absolute atomic E-state index is 0.00466. The predicted molar refractivity (Wildman–Crippen MR) is 184 cm³/mol. The van der Waals surface area contributed by atoms with Gasteiger partial charge in [-0.05, 0) is 19.2 Å². The van der Waals surface area contributed by atoms with E-state index in [0.717, 1.165) is 50.5 Å². The maximum atomic E-state index is 13.4. The Bertz CT molecular complexity index is 2100. The van der Waals surface area contributed by atoms with Crippen molar-refractivity contribution in [3.8, 4) is 40.5 Å². The van der Waals surface area contributed by atoms with Gasteiger partial charge in [-0.15, -0.1) is 0 Å². The quantitative estimate of drug-likeness (QED) is 0.284. The molecule has 2 aromatic carbocycles. The number of anilines is 2. The molecule has 1 N–H and O–H groups in total. The second-order valence-corrected chi connectivity index (χ2v) is 13.0. The first-order valence-electron chi connectivity index (χ1n) is 17.0. The molecule has 3 aromatic rings. The second kappa shape index (κ2) is 15.0. The van der Waals surface area contributed by atoms with E-state index < -0.39 is 42.3 Å². The number of aromatic nitrogens is 2. The Morgan fingerprint density at radius 2 is 1.59 bits per heavy atom. The molecule has 0 spiro atoms. The molecule has 2 atom stereocenters. The zero-order chi connectivity index (χ0) is 37.3. The highest BCUT2D eigenvalue weighted by Crippen LogP contribution is 2.55. The van der Waals surface area contributed by atoms with Gasteiger partial charge in [0, 0.05) is 69.9 Å². The molecule has 0 radical (unpaired) electrons. The third-order valence-corrected chi connectivity index (χ3v) is 9.29. The molecular formula is C35H32ClN5O13. The molecule has 19 heteroatoms. The molecule has 8 heterocycles. The fourth-order valence-electron chi connectivity index (χ4n) is 6.27. The van der Waals surface area contributed by atoms with E-state index in [9.17, 15) is 19.2 Å². The molecule has 0 aliphatic carbocycles. The molecule has 282 valence electrons. The van der Waals surface area contributed by atoms with Crippen LogP contribution in [0.15, 0.2) is 36.4 Å². The Morgan fingerprint density at radius 1 is 0.852 bits per heavy atom. The summed E-state index contributed by atoms with van der Waals surface area (Å²) in [7, 11) is 2.04. The number of nitrogens with zero attached hydrogens (tertiary/aromatic N) is 4. The zero-order valence-corrected chi connectivity index (χ0v) is 29.4. The lowest BCUT2D eigenvalue weighted by Gasteiger charge is -2.32. The Kier molecular flexibility index (Phi) is 9.80. The number of esters is 4. The van der Waals surface area contributed by atoms with E-state index in [1.54, 1.807) is 12.1 Å². The molecule has 2 unspecified atom stereocenters. The van der Waals surface area contributed by atoms with Crippen LogP contribution in [-0.4, -0.2) is 116 Å². The van der Waals surface area contributed by atoms with Crippen molar-refractivity contribution in [1.82, 2.24) is 19.8 Å². The smallest absolute Gasteiger partial charge is 0.338 e. The highest BCUT2D eigenvalue weighted by Gasteiger charge is 2.36. The number of carbonyl (C=O) groups is 4. The van der Waals surface area contributed by atoms with Crippen molar-refractivity contribution in [1.29, 1.82) is 0 Å². The van der Waals surface area contributed by atoms with Crippen molar-refractivity contribution >= 4 is 57.9 Å². The number of rotatable bonds is 6. The van der Waals surface area contributed by atoms with Crippen LogP contribution in [0.5, 0.6) is 40.5 Å². The van der Waals surface area contributed by atoms with Gasteiger partial charge in [-0.2, -0.15) is 9.97 Å². The molecular weight excluding hydrogens is 734 g/mol. The molecule has 8 bridgehead atoms. The SMILES string of the molecule is CN1CCN(CCOc2c3c4c5c(Nc6c(Cl)ccc7c6OCO7)nc(nc5c2OC(=O)/C=C/C(=O)OC2CC(CCO2)O4)OC(=O)C=CC(=O)O3)CC1. The number of carbonyl (C=O) groups excluding carboxylic acids is 4. The Hall–Kier alpha value is -5.69. The number of ether oxygens (including phenoxy) is 9. The minimum atomic E-state index is -1.06. The average Bonchev–Trinajstić information content (AvgIpc) is 3.63. The normalized spacial score (nSPS) is 22.1. The van der Waals surface area contributed by atoms with Gasteiger partial charge < -0.3 is 52.8 Å². The lowest BCUT2D eigenvalue weighted by molar-refractivity contribution is -0.190. The van der Waals surface area contributed by atoms with E-state index >= 15 is 0 Å². The summed E-state index contributed by atoms with van der Waals surface area (Å²) in [5, 5.41) is 3.33. The Balaban J connectivity index is 1.37. The second-order valence-electron chi connectivity index (χ2n) is 12.6. The molecule has 2 fully saturated rings. The number of hydrogen-bond donors (Lipinski definition) is 1. The molecule has 0 saturated carbocycles. The number of piperazine rings is 1. The number of halogens is 1. The highest BCUT2D eigenvalue weighted by molar-refractivity contribution is 6.34. The van der Waals surface area contributed by atoms with Crippen molar-refractivity contribution < 1.29 is 61.8 Å². The van der Waals surface area contributed by atoms with Gasteiger partial charge in [-0.3, -0.25) is 4.90 Å². The summed E-state index contributed by atoms with van der Waals surface area (Å²) in [6.45, 7) is 3.81. The molecule has 7 aliphatic heterocycles. The molecule has 0 amide bonds. The van der Waals surface area contributed by atoms with Gasteiger partial charge >= 0.3 is 29.9 Å². The number of likely N-dealkylation sites (N-methyl/N-ethyl adjacent to an activating group) is 1. The molecule has 7 aliphatic rings. The van der Waals surface area contributed by atoms with Gasteiger partial charge in [-0.25, -0.2) is 19.2 Å². The van der Waals surface area contributed by atoms with E-state index in [0.29, 0.717) is 18.7 Å². The van der Waals surface area contributed by atoms with Crippen molar-refractivity contribution in [2.45, 2.75) is 25.2 Å². The maximum Gasteiger partial charge on any atom is 0.338 e. The topological polar surface area (TPSA) is 196 Å². The van der Waals surface area contributed by atoms with Gasteiger partial charge in [0.25, 0.3) is 0 Å². The van der Waals surface area contributed by atoms with Crippen LogP contribution >= 0.6 is 11.6 Å². The average molecular weight is 766 g/mol. The summed E-state index contributed by atoms with van der Waals surface area (Å²) >= 11 is 6.67. The van der Waals surface area contributed by atoms with Crippen LogP contribution in [0.25, 0.3) is 10.9 Å². The lowest BCUT2D eigenvalue weighted by atomic mass is 10.1. The Morgan fingerprint density at radius 3 is 2.39 bits per heavy atom. The van der Waals surface area contributed by atoms with Crippen molar-refractivity contribution in [2.24, 2.45) is 0 Å². The van der Waals surface area contributed by atoms with Crippen LogP contribution in [0.2, 0.25) is 5.02 Å². The van der Waals surface area contributed by atoms with E-state index in [1.165, 1.54) is 0 Å². The highest BCUT2D eigenvalue weighted by atomic mass is 35.5. The summed E-state index contributed by atoms with van der Waals surface area (Å²) in [5.74, 6) is -4.42.